The van der Waals surface area contributed by atoms with Crippen LogP contribution in [0.2, 0.25) is 0 Å². The van der Waals surface area contributed by atoms with Crippen molar-refractivity contribution < 1.29 is 19.4 Å². The van der Waals surface area contributed by atoms with E-state index in [1.54, 1.807) is 14.0 Å². The predicted octanol–water partition coefficient (Wildman–Crippen LogP) is 2.67. The number of amides is 1. The number of carboxylic acids is 1. The van der Waals surface area contributed by atoms with Crippen LogP contribution in [0.1, 0.15) is 46.1 Å². The van der Waals surface area contributed by atoms with E-state index < -0.39 is 11.5 Å². The number of aliphatic carboxylic acids is 1. The molecular weight excluding hydrogens is 332 g/mol. The Labute approximate surface area is 155 Å². The summed E-state index contributed by atoms with van der Waals surface area (Å²) in [5.41, 5.74) is -0.166. The van der Waals surface area contributed by atoms with Gasteiger partial charge in [-0.25, -0.2) is 0 Å². The Morgan fingerprint density at radius 1 is 1.38 bits per heavy atom. The van der Waals surface area contributed by atoms with Crippen LogP contribution in [0.3, 0.4) is 0 Å². The van der Waals surface area contributed by atoms with Gasteiger partial charge in [-0.05, 0) is 36.5 Å². The zero-order valence-electron chi connectivity index (χ0n) is 16.3. The lowest BCUT2D eigenvalue weighted by molar-refractivity contribution is -0.144. The largest absolute Gasteiger partial charge is 0.497 e. The molecule has 2 rings (SSSR count). The van der Waals surface area contributed by atoms with Crippen molar-refractivity contribution in [3.8, 4) is 5.75 Å². The number of ether oxygens (including phenoxy) is 1. The molecule has 0 unspecified atom stereocenters. The van der Waals surface area contributed by atoms with Crippen molar-refractivity contribution >= 4 is 11.9 Å². The fraction of sp³-hybridized carbons (Fsp3) is 0.600. The van der Waals surface area contributed by atoms with Crippen LogP contribution in [-0.2, 0) is 16.1 Å². The van der Waals surface area contributed by atoms with Crippen molar-refractivity contribution in [3.05, 3.63) is 29.8 Å². The maximum absolute atomic E-state index is 13.0. The molecule has 1 heterocycles. The minimum atomic E-state index is -1.00. The molecule has 0 aromatic heterocycles. The molecule has 26 heavy (non-hydrogen) atoms. The summed E-state index contributed by atoms with van der Waals surface area (Å²) < 4.78 is 5.27. The second-order valence-electron chi connectivity index (χ2n) is 8.49. The zero-order chi connectivity index (χ0) is 19.5. The van der Waals surface area contributed by atoms with Gasteiger partial charge < -0.3 is 14.7 Å². The molecule has 1 aromatic carbocycles. The highest BCUT2D eigenvalue weighted by molar-refractivity contribution is 5.80. The summed E-state index contributed by atoms with van der Waals surface area (Å²) in [5, 5.41) is 12.5. The van der Waals surface area contributed by atoms with Crippen LogP contribution in [0.4, 0.5) is 0 Å². The van der Waals surface area contributed by atoms with E-state index in [-0.39, 0.29) is 17.4 Å². The monoisotopic (exact) mass is 362 g/mol. The van der Waals surface area contributed by atoms with Crippen molar-refractivity contribution in [3.63, 3.8) is 0 Å². The first-order valence-electron chi connectivity index (χ1n) is 8.95. The standard InChI is InChI=1S/C20H30N2O4/c1-19(2,3)11-17(23)22(13-14-7-6-8-16(9-14)26-5)15-10-20(4,18(24)25)21-12-15/h6-9,15,21H,10-13H2,1-5H3,(H,24,25)/t15-,20+/m1/s1. The molecular formula is C20H30N2O4. The van der Waals surface area contributed by atoms with Gasteiger partial charge in [0.15, 0.2) is 0 Å². The minimum Gasteiger partial charge on any atom is -0.497 e. The van der Waals surface area contributed by atoms with Gasteiger partial charge in [0.05, 0.1) is 7.11 Å². The molecule has 0 saturated carbocycles. The molecule has 0 spiro atoms. The van der Waals surface area contributed by atoms with E-state index >= 15 is 0 Å². The highest BCUT2D eigenvalue weighted by atomic mass is 16.5. The summed E-state index contributed by atoms with van der Waals surface area (Å²) in [7, 11) is 1.61. The first-order chi connectivity index (χ1) is 12.0. The Morgan fingerprint density at radius 2 is 2.08 bits per heavy atom. The molecule has 1 saturated heterocycles. The normalized spacial score (nSPS) is 22.9. The van der Waals surface area contributed by atoms with E-state index in [2.05, 4.69) is 5.32 Å². The van der Waals surface area contributed by atoms with Gasteiger partial charge in [0.1, 0.15) is 11.3 Å². The van der Waals surface area contributed by atoms with Crippen LogP contribution in [-0.4, -0.2) is 47.1 Å². The summed E-state index contributed by atoms with van der Waals surface area (Å²) >= 11 is 0. The average Bonchev–Trinajstić information content (AvgIpc) is 2.94. The van der Waals surface area contributed by atoms with E-state index in [1.807, 2.05) is 49.9 Å². The second kappa shape index (κ2) is 7.66. The Hall–Kier alpha value is -2.08. The van der Waals surface area contributed by atoms with Gasteiger partial charge in [-0.3, -0.25) is 14.9 Å². The number of nitrogens with one attached hydrogen (secondary N) is 1. The molecule has 6 heteroatoms. The van der Waals surface area contributed by atoms with Crippen LogP contribution in [0.5, 0.6) is 5.75 Å². The maximum Gasteiger partial charge on any atom is 0.323 e. The van der Waals surface area contributed by atoms with Crippen LogP contribution in [0.15, 0.2) is 24.3 Å². The molecule has 0 aliphatic carbocycles. The molecule has 2 atom stereocenters. The Kier molecular flexibility index (Phi) is 5.96. The Bertz CT molecular complexity index is 668. The van der Waals surface area contributed by atoms with Crippen LogP contribution >= 0.6 is 0 Å². The number of rotatable bonds is 6. The fourth-order valence-corrected chi connectivity index (χ4v) is 3.29. The van der Waals surface area contributed by atoms with Gasteiger partial charge in [0.25, 0.3) is 0 Å². The lowest BCUT2D eigenvalue weighted by Crippen LogP contribution is -2.44. The smallest absolute Gasteiger partial charge is 0.323 e. The van der Waals surface area contributed by atoms with Crippen molar-refractivity contribution in [2.45, 2.75) is 58.7 Å². The van der Waals surface area contributed by atoms with Crippen LogP contribution in [0.25, 0.3) is 0 Å². The van der Waals surface area contributed by atoms with Crippen molar-refractivity contribution in [2.24, 2.45) is 5.41 Å². The first kappa shape index (κ1) is 20.2. The van der Waals surface area contributed by atoms with E-state index in [4.69, 9.17) is 4.74 Å². The number of carbonyl (C=O) groups excluding carboxylic acids is 1. The highest BCUT2D eigenvalue weighted by Crippen LogP contribution is 2.28. The quantitative estimate of drug-likeness (QED) is 0.813. The number of carbonyl (C=O) groups is 2. The number of nitrogens with zero attached hydrogens (tertiary/aromatic N) is 1. The Balaban J connectivity index is 2.24. The summed E-state index contributed by atoms with van der Waals surface area (Å²) in [6.45, 7) is 8.68. The van der Waals surface area contributed by atoms with E-state index in [0.29, 0.717) is 25.9 Å². The van der Waals surface area contributed by atoms with Gasteiger partial charge in [-0.2, -0.15) is 0 Å². The molecule has 0 bridgehead atoms. The van der Waals surface area contributed by atoms with Gasteiger partial charge in [-0.15, -0.1) is 0 Å². The summed E-state index contributed by atoms with van der Waals surface area (Å²) in [4.78, 5) is 26.4. The third-order valence-electron chi connectivity index (χ3n) is 4.77. The zero-order valence-corrected chi connectivity index (χ0v) is 16.3. The molecule has 1 aromatic rings. The van der Waals surface area contributed by atoms with Crippen molar-refractivity contribution in [1.82, 2.24) is 10.2 Å². The van der Waals surface area contributed by atoms with E-state index in [0.717, 1.165) is 11.3 Å². The fourth-order valence-electron chi connectivity index (χ4n) is 3.29. The summed E-state index contributed by atoms with van der Waals surface area (Å²) in [6, 6.07) is 7.48. The van der Waals surface area contributed by atoms with Crippen molar-refractivity contribution in [2.75, 3.05) is 13.7 Å². The number of hydrogen-bond acceptors (Lipinski definition) is 4. The van der Waals surface area contributed by atoms with Crippen LogP contribution < -0.4 is 10.1 Å². The van der Waals surface area contributed by atoms with Gasteiger partial charge in [0, 0.05) is 25.6 Å². The van der Waals surface area contributed by atoms with Crippen LogP contribution in [0, 0.1) is 5.41 Å². The number of hydrogen-bond donors (Lipinski definition) is 2. The third-order valence-corrected chi connectivity index (χ3v) is 4.77. The average molecular weight is 362 g/mol. The van der Waals surface area contributed by atoms with E-state index in [1.165, 1.54) is 0 Å². The molecule has 2 N–H and O–H groups in total. The number of methoxy groups -OCH3 is 1. The molecule has 1 amide bonds. The molecule has 6 nitrogen and oxygen atoms in total. The molecule has 1 fully saturated rings. The lowest BCUT2D eigenvalue weighted by Gasteiger charge is -2.32. The molecule has 0 radical (unpaired) electrons. The first-order valence-corrected chi connectivity index (χ1v) is 8.95. The van der Waals surface area contributed by atoms with Gasteiger partial charge >= 0.3 is 5.97 Å². The summed E-state index contributed by atoms with van der Waals surface area (Å²) in [6.07, 6.45) is 0.805. The predicted molar refractivity (Wildman–Crippen MR) is 100 cm³/mol. The summed E-state index contributed by atoms with van der Waals surface area (Å²) in [5.74, 6) is -0.1000. The Morgan fingerprint density at radius 3 is 2.62 bits per heavy atom. The second-order valence-corrected chi connectivity index (χ2v) is 8.49. The maximum atomic E-state index is 13.0. The minimum absolute atomic E-state index is 0.0433. The topological polar surface area (TPSA) is 78.9 Å². The highest BCUT2D eigenvalue weighted by Gasteiger charge is 2.44. The number of carboxylic acid groups (broad SMARTS) is 1. The molecule has 1 aliphatic heterocycles. The number of benzene rings is 1. The van der Waals surface area contributed by atoms with Gasteiger partial charge in [-0.1, -0.05) is 32.9 Å². The van der Waals surface area contributed by atoms with Gasteiger partial charge in [0.2, 0.25) is 5.91 Å². The molecule has 1 aliphatic rings. The van der Waals surface area contributed by atoms with E-state index in [9.17, 15) is 14.7 Å². The lowest BCUT2D eigenvalue weighted by atomic mass is 9.90. The third kappa shape index (κ3) is 4.97. The molecule has 144 valence electrons. The van der Waals surface area contributed by atoms with Crippen molar-refractivity contribution in [1.29, 1.82) is 0 Å². The SMILES string of the molecule is COc1cccc(CN(C(=O)CC(C)(C)C)[C@H]2CN[C@](C)(C(=O)O)C2)c1.